The Morgan fingerprint density at radius 3 is 2.29 bits per heavy atom. The van der Waals surface area contributed by atoms with Crippen molar-refractivity contribution in [3.63, 3.8) is 0 Å². The van der Waals surface area contributed by atoms with Crippen LogP contribution in [-0.4, -0.2) is 54.5 Å². The van der Waals surface area contributed by atoms with Gasteiger partial charge in [0, 0.05) is 19.6 Å². The molecule has 0 aromatic carbocycles. The van der Waals surface area contributed by atoms with Crippen molar-refractivity contribution >= 4 is 5.91 Å². The first-order valence-corrected chi connectivity index (χ1v) is 8.73. The normalized spacial score (nSPS) is 17.5. The predicted octanol–water partition coefficient (Wildman–Crippen LogP) is 2.47. The summed E-state index contributed by atoms with van der Waals surface area (Å²) in [6.07, 6.45) is 6.21. The number of carbonyl (C=O) groups is 1. The fraction of sp³-hybridized carbons (Fsp3) is 0.941. The molecule has 1 aliphatic rings. The second-order valence-corrected chi connectivity index (χ2v) is 6.71. The van der Waals surface area contributed by atoms with Gasteiger partial charge in [0.25, 0.3) is 0 Å². The largest absolute Gasteiger partial charge is 0.341 e. The molecule has 0 saturated carbocycles. The predicted molar refractivity (Wildman–Crippen MR) is 89.2 cm³/mol. The number of nitrogens with two attached hydrogens (primary N) is 1. The second kappa shape index (κ2) is 8.74. The van der Waals surface area contributed by atoms with Crippen molar-refractivity contribution < 1.29 is 4.79 Å². The van der Waals surface area contributed by atoms with Crippen molar-refractivity contribution in [1.29, 1.82) is 0 Å². The summed E-state index contributed by atoms with van der Waals surface area (Å²) in [5.74, 6) is 0.886. The maximum atomic E-state index is 12.5. The monoisotopic (exact) mass is 297 g/mol. The lowest BCUT2D eigenvalue weighted by Gasteiger charge is -2.38. The lowest BCUT2D eigenvalue weighted by Crippen LogP contribution is -2.56. The third-order valence-electron chi connectivity index (χ3n) is 5.05. The third kappa shape index (κ3) is 5.26. The molecule has 1 saturated heterocycles. The first-order chi connectivity index (χ1) is 9.96. The Bertz CT molecular complexity index is 307. The molecular weight excluding hydrogens is 262 g/mol. The minimum Gasteiger partial charge on any atom is -0.341 e. The van der Waals surface area contributed by atoms with Gasteiger partial charge in [-0.3, -0.25) is 4.79 Å². The van der Waals surface area contributed by atoms with Crippen LogP contribution >= 0.6 is 0 Å². The van der Waals surface area contributed by atoms with Crippen molar-refractivity contribution in [3.05, 3.63) is 0 Å². The fourth-order valence-electron chi connectivity index (χ4n) is 3.15. The standard InChI is InChI=1S/C17H35N3O/c1-5-8-11-19(4)14-15-9-12-20(13-10-15)16(21)17(18,6-2)7-3/h15H,5-14,18H2,1-4H3. The molecule has 0 aromatic heterocycles. The van der Waals surface area contributed by atoms with Crippen LogP contribution in [0.4, 0.5) is 0 Å². The molecule has 2 N–H and O–H groups in total. The molecule has 1 aliphatic heterocycles. The number of hydrogen-bond acceptors (Lipinski definition) is 3. The van der Waals surface area contributed by atoms with Gasteiger partial charge in [0.2, 0.25) is 5.91 Å². The zero-order valence-corrected chi connectivity index (χ0v) is 14.5. The van der Waals surface area contributed by atoms with E-state index in [-0.39, 0.29) is 5.91 Å². The summed E-state index contributed by atoms with van der Waals surface area (Å²) in [6.45, 7) is 10.4. The highest BCUT2D eigenvalue weighted by atomic mass is 16.2. The van der Waals surface area contributed by atoms with Crippen LogP contribution in [0.1, 0.15) is 59.3 Å². The van der Waals surface area contributed by atoms with Gasteiger partial charge in [-0.2, -0.15) is 0 Å². The number of unbranched alkanes of at least 4 members (excludes halogenated alkanes) is 1. The molecule has 1 heterocycles. The quantitative estimate of drug-likeness (QED) is 0.749. The number of carbonyl (C=O) groups excluding carboxylic acids is 1. The van der Waals surface area contributed by atoms with Gasteiger partial charge in [-0.25, -0.2) is 0 Å². The highest BCUT2D eigenvalue weighted by Crippen LogP contribution is 2.22. The van der Waals surface area contributed by atoms with E-state index >= 15 is 0 Å². The van der Waals surface area contributed by atoms with E-state index in [9.17, 15) is 4.79 Å². The summed E-state index contributed by atoms with van der Waals surface area (Å²) < 4.78 is 0. The average molecular weight is 297 g/mol. The minimum absolute atomic E-state index is 0.158. The van der Waals surface area contributed by atoms with Crippen molar-refractivity contribution in [2.24, 2.45) is 11.7 Å². The van der Waals surface area contributed by atoms with Crippen LogP contribution in [0.5, 0.6) is 0 Å². The SMILES string of the molecule is CCCCN(C)CC1CCN(C(=O)C(N)(CC)CC)CC1. The molecular formula is C17H35N3O. The van der Waals surface area contributed by atoms with Crippen molar-refractivity contribution in [3.8, 4) is 0 Å². The Balaban J connectivity index is 2.40. The molecule has 1 fully saturated rings. The lowest BCUT2D eigenvalue weighted by molar-refractivity contribution is -0.138. The molecule has 4 heteroatoms. The molecule has 21 heavy (non-hydrogen) atoms. The molecule has 0 aliphatic carbocycles. The number of nitrogens with zero attached hydrogens (tertiary/aromatic N) is 2. The van der Waals surface area contributed by atoms with Gasteiger partial charge in [0.15, 0.2) is 0 Å². The summed E-state index contributed by atoms with van der Waals surface area (Å²) in [4.78, 5) is 17.0. The molecule has 0 bridgehead atoms. The maximum absolute atomic E-state index is 12.5. The van der Waals surface area contributed by atoms with E-state index in [1.54, 1.807) is 0 Å². The first-order valence-electron chi connectivity index (χ1n) is 8.73. The number of piperidine rings is 1. The smallest absolute Gasteiger partial charge is 0.242 e. The fourth-order valence-corrected chi connectivity index (χ4v) is 3.15. The molecule has 4 nitrogen and oxygen atoms in total. The van der Waals surface area contributed by atoms with Crippen LogP contribution in [0.3, 0.4) is 0 Å². The molecule has 124 valence electrons. The van der Waals surface area contributed by atoms with Gasteiger partial charge in [-0.05, 0) is 51.6 Å². The van der Waals surface area contributed by atoms with E-state index in [1.807, 2.05) is 18.7 Å². The highest BCUT2D eigenvalue weighted by molar-refractivity contribution is 5.86. The van der Waals surface area contributed by atoms with Gasteiger partial charge >= 0.3 is 0 Å². The van der Waals surface area contributed by atoms with E-state index in [4.69, 9.17) is 5.73 Å². The Morgan fingerprint density at radius 1 is 1.24 bits per heavy atom. The lowest BCUT2D eigenvalue weighted by atomic mass is 9.89. The maximum Gasteiger partial charge on any atom is 0.242 e. The van der Waals surface area contributed by atoms with Crippen LogP contribution in [0.2, 0.25) is 0 Å². The Labute approximate surface area is 131 Å². The topological polar surface area (TPSA) is 49.6 Å². The van der Waals surface area contributed by atoms with E-state index in [0.29, 0.717) is 0 Å². The van der Waals surface area contributed by atoms with Gasteiger partial charge in [-0.15, -0.1) is 0 Å². The Hall–Kier alpha value is -0.610. The number of rotatable bonds is 8. The Kier molecular flexibility index (Phi) is 7.67. The average Bonchev–Trinajstić information content (AvgIpc) is 2.52. The van der Waals surface area contributed by atoms with E-state index in [0.717, 1.165) is 51.2 Å². The molecule has 0 atom stereocenters. The van der Waals surface area contributed by atoms with Crippen LogP contribution in [0, 0.1) is 5.92 Å². The van der Waals surface area contributed by atoms with Gasteiger partial charge in [-0.1, -0.05) is 27.2 Å². The van der Waals surface area contributed by atoms with Crippen LogP contribution in [0.15, 0.2) is 0 Å². The molecule has 0 spiro atoms. The zero-order chi connectivity index (χ0) is 15.9. The summed E-state index contributed by atoms with van der Waals surface area (Å²) >= 11 is 0. The van der Waals surface area contributed by atoms with E-state index < -0.39 is 5.54 Å². The van der Waals surface area contributed by atoms with Crippen LogP contribution < -0.4 is 5.73 Å². The molecule has 0 unspecified atom stereocenters. The van der Waals surface area contributed by atoms with Crippen molar-refractivity contribution in [2.75, 3.05) is 33.2 Å². The van der Waals surface area contributed by atoms with Crippen molar-refractivity contribution in [2.45, 2.75) is 64.8 Å². The number of hydrogen-bond donors (Lipinski definition) is 1. The van der Waals surface area contributed by atoms with Crippen LogP contribution in [0.25, 0.3) is 0 Å². The summed E-state index contributed by atoms with van der Waals surface area (Å²) in [6, 6.07) is 0. The van der Waals surface area contributed by atoms with Crippen molar-refractivity contribution in [1.82, 2.24) is 9.80 Å². The second-order valence-electron chi connectivity index (χ2n) is 6.71. The van der Waals surface area contributed by atoms with Gasteiger partial charge in [0.05, 0.1) is 5.54 Å². The third-order valence-corrected chi connectivity index (χ3v) is 5.05. The molecule has 1 rings (SSSR count). The number of likely N-dealkylation sites (tertiary alicyclic amines) is 1. The molecule has 0 radical (unpaired) electrons. The minimum atomic E-state index is -0.648. The first kappa shape index (κ1) is 18.4. The summed E-state index contributed by atoms with van der Waals surface area (Å²) in [5.41, 5.74) is 5.59. The summed E-state index contributed by atoms with van der Waals surface area (Å²) in [7, 11) is 2.21. The van der Waals surface area contributed by atoms with E-state index in [1.165, 1.54) is 19.4 Å². The van der Waals surface area contributed by atoms with Crippen LogP contribution in [-0.2, 0) is 4.79 Å². The zero-order valence-electron chi connectivity index (χ0n) is 14.5. The molecule has 0 aromatic rings. The van der Waals surface area contributed by atoms with Gasteiger partial charge < -0.3 is 15.5 Å². The summed E-state index contributed by atoms with van der Waals surface area (Å²) in [5, 5.41) is 0. The Morgan fingerprint density at radius 2 is 1.81 bits per heavy atom. The van der Waals surface area contributed by atoms with E-state index in [2.05, 4.69) is 18.9 Å². The van der Waals surface area contributed by atoms with Gasteiger partial charge in [0.1, 0.15) is 0 Å². The molecule has 1 amide bonds. The number of amides is 1. The highest BCUT2D eigenvalue weighted by Gasteiger charge is 2.35.